The standard InChI is InChI=1S/C18H22N2O4/c1-13(12-23-2)19-7-9-20(10-8-19)18(22)17-11-15(21)14-5-3-4-6-16(14)24-17/h3-6,11,13H,7-10,12H2,1-2H3. The van der Waals surface area contributed by atoms with Crippen LogP contribution in [0.1, 0.15) is 17.5 Å². The van der Waals surface area contributed by atoms with Crippen LogP contribution < -0.4 is 5.43 Å². The van der Waals surface area contributed by atoms with Crippen molar-refractivity contribution in [2.24, 2.45) is 0 Å². The fourth-order valence-electron chi connectivity index (χ4n) is 3.08. The van der Waals surface area contributed by atoms with Gasteiger partial charge in [-0.1, -0.05) is 12.1 Å². The van der Waals surface area contributed by atoms with Gasteiger partial charge in [0, 0.05) is 45.4 Å². The van der Waals surface area contributed by atoms with Crippen LogP contribution in [0.15, 0.2) is 39.5 Å². The molecule has 3 rings (SSSR count). The molecule has 24 heavy (non-hydrogen) atoms. The molecule has 1 aromatic heterocycles. The average Bonchev–Trinajstić information content (AvgIpc) is 2.61. The minimum absolute atomic E-state index is 0.108. The maximum atomic E-state index is 12.6. The van der Waals surface area contributed by atoms with Crippen LogP contribution in [0.3, 0.4) is 0 Å². The molecule has 0 bridgehead atoms. The van der Waals surface area contributed by atoms with Crippen molar-refractivity contribution in [3.63, 3.8) is 0 Å². The van der Waals surface area contributed by atoms with Crippen LogP contribution in [0.2, 0.25) is 0 Å². The first-order valence-corrected chi connectivity index (χ1v) is 8.15. The first kappa shape index (κ1) is 16.7. The number of rotatable bonds is 4. The molecule has 0 spiro atoms. The zero-order valence-corrected chi connectivity index (χ0v) is 14.0. The lowest BCUT2D eigenvalue weighted by Gasteiger charge is -2.37. The molecule has 6 heteroatoms. The molecule has 6 nitrogen and oxygen atoms in total. The molecule has 1 aliphatic heterocycles. The van der Waals surface area contributed by atoms with E-state index in [1.54, 1.807) is 36.3 Å². The van der Waals surface area contributed by atoms with Gasteiger partial charge in [0.25, 0.3) is 5.91 Å². The second-order valence-corrected chi connectivity index (χ2v) is 6.10. The quantitative estimate of drug-likeness (QED) is 0.852. The minimum atomic E-state index is -0.225. The molecule has 2 aromatic rings. The summed E-state index contributed by atoms with van der Waals surface area (Å²) in [5.41, 5.74) is 0.258. The van der Waals surface area contributed by atoms with E-state index in [0.29, 0.717) is 36.7 Å². The van der Waals surface area contributed by atoms with Crippen LogP contribution in [0.5, 0.6) is 0 Å². The number of hydrogen-bond donors (Lipinski definition) is 0. The molecular formula is C18H22N2O4. The molecule has 1 aliphatic rings. The first-order chi connectivity index (χ1) is 11.6. The minimum Gasteiger partial charge on any atom is -0.451 e. The van der Waals surface area contributed by atoms with Crippen molar-refractivity contribution in [3.05, 3.63) is 46.3 Å². The lowest BCUT2D eigenvalue weighted by atomic mass is 10.2. The summed E-state index contributed by atoms with van der Waals surface area (Å²) < 4.78 is 10.8. The van der Waals surface area contributed by atoms with Crippen molar-refractivity contribution in [2.75, 3.05) is 39.9 Å². The summed E-state index contributed by atoms with van der Waals surface area (Å²) in [6, 6.07) is 8.59. The Hall–Kier alpha value is -2.18. The number of ether oxygens (including phenoxy) is 1. The molecule has 1 saturated heterocycles. The van der Waals surface area contributed by atoms with E-state index in [0.717, 1.165) is 13.1 Å². The Labute approximate surface area is 140 Å². The van der Waals surface area contributed by atoms with Crippen LogP contribution in [-0.4, -0.2) is 61.6 Å². The van der Waals surface area contributed by atoms with Crippen LogP contribution in [0.4, 0.5) is 0 Å². The zero-order valence-electron chi connectivity index (χ0n) is 14.0. The van der Waals surface area contributed by atoms with Crippen molar-refractivity contribution in [2.45, 2.75) is 13.0 Å². The lowest BCUT2D eigenvalue weighted by molar-refractivity contribution is 0.0429. The Bertz CT molecular complexity index is 778. The van der Waals surface area contributed by atoms with E-state index in [4.69, 9.17) is 9.15 Å². The van der Waals surface area contributed by atoms with Gasteiger partial charge in [-0.2, -0.15) is 0 Å². The van der Waals surface area contributed by atoms with Crippen LogP contribution in [-0.2, 0) is 4.74 Å². The molecule has 0 aliphatic carbocycles. The second kappa shape index (κ2) is 7.15. The Morgan fingerprint density at radius 3 is 2.67 bits per heavy atom. The van der Waals surface area contributed by atoms with Crippen LogP contribution >= 0.6 is 0 Å². The Kier molecular flexibility index (Phi) is 4.97. The van der Waals surface area contributed by atoms with E-state index >= 15 is 0 Å². The van der Waals surface area contributed by atoms with E-state index in [1.807, 2.05) is 0 Å². The summed E-state index contributed by atoms with van der Waals surface area (Å²) in [5.74, 6) is -0.117. The van der Waals surface area contributed by atoms with E-state index in [-0.39, 0.29) is 17.1 Å². The van der Waals surface area contributed by atoms with E-state index in [2.05, 4.69) is 11.8 Å². The highest BCUT2D eigenvalue weighted by molar-refractivity contribution is 5.93. The summed E-state index contributed by atoms with van der Waals surface area (Å²) in [4.78, 5) is 28.8. The molecule has 2 heterocycles. The number of carbonyl (C=O) groups is 1. The van der Waals surface area contributed by atoms with Gasteiger partial charge in [-0.05, 0) is 19.1 Å². The molecule has 1 aromatic carbocycles. The summed E-state index contributed by atoms with van der Waals surface area (Å²) in [6.45, 7) is 5.59. The molecular weight excluding hydrogens is 308 g/mol. The molecule has 0 N–H and O–H groups in total. The van der Waals surface area contributed by atoms with Gasteiger partial charge in [-0.15, -0.1) is 0 Å². The SMILES string of the molecule is COCC(C)N1CCN(C(=O)c2cc(=O)c3ccccc3o2)CC1. The second-order valence-electron chi connectivity index (χ2n) is 6.10. The van der Waals surface area contributed by atoms with Gasteiger partial charge >= 0.3 is 0 Å². The van der Waals surface area contributed by atoms with Gasteiger partial charge in [0.15, 0.2) is 11.2 Å². The number of hydrogen-bond acceptors (Lipinski definition) is 5. The number of nitrogens with zero attached hydrogens (tertiary/aromatic N) is 2. The van der Waals surface area contributed by atoms with Gasteiger partial charge in [-0.25, -0.2) is 0 Å². The summed E-state index contributed by atoms with van der Waals surface area (Å²) in [5, 5.41) is 0.493. The van der Waals surface area contributed by atoms with Crippen molar-refractivity contribution >= 4 is 16.9 Å². The third-order valence-electron chi connectivity index (χ3n) is 4.48. The lowest BCUT2D eigenvalue weighted by Crippen LogP contribution is -2.52. The monoisotopic (exact) mass is 330 g/mol. The third-order valence-corrected chi connectivity index (χ3v) is 4.48. The van der Waals surface area contributed by atoms with Gasteiger partial charge in [0.1, 0.15) is 5.58 Å². The number of methoxy groups -OCH3 is 1. The normalized spacial score (nSPS) is 17.2. The van der Waals surface area contributed by atoms with Crippen molar-refractivity contribution in [1.29, 1.82) is 0 Å². The van der Waals surface area contributed by atoms with Gasteiger partial charge < -0.3 is 14.1 Å². The molecule has 1 unspecified atom stereocenters. The zero-order chi connectivity index (χ0) is 17.1. The molecule has 0 radical (unpaired) electrons. The number of para-hydroxylation sites is 1. The van der Waals surface area contributed by atoms with Crippen molar-refractivity contribution in [1.82, 2.24) is 9.80 Å². The Balaban J connectivity index is 1.73. The van der Waals surface area contributed by atoms with Crippen molar-refractivity contribution in [3.8, 4) is 0 Å². The average molecular weight is 330 g/mol. The number of piperazine rings is 1. The Morgan fingerprint density at radius 2 is 1.96 bits per heavy atom. The fourth-order valence-corrected chi connectivity index (χ4v) is 3.08. The van der Waals surface area contributed by atoms with E-state index in [9.17, 15) is 9.59 Å². The third kappa shape index (κ3) is 3.34. The number of carbonyl (C=O) groups excluding carboxylic acids is 1. The van der Waals surface area contributed by atoms with Crippen molar-refractivity contribution < 1.29 is 13.9 Å². The van der Waals surface area contributed by atoms with E-state index in [1.165, 1.54) is 6.07 Å². The topological polar surface area (TPSA) is 63.0 Å². The number of fused-ring (bicyclic) bond motifs is 1. The highest BCUT2D eigenvalue weighted by atomic mass is 16.5. The summed E-state index contributed by atoms with van der Waals surface area (Å²) in [7, 11) is 1.69. The Morgan fingerprint density at radius 1 is 1.25 bits per heavy atom. The first-order valence-electron chi connectivity index (χ1n) is 8.15. The molecule has 128 valence electrons. The number of benzene rings is 1. The summed E-state index contributed by atoms with van der Waals surface area (Å²) >= 11 is 0. The highest BCUT2D eigenvalue weighted by Crippen LogP contribution is 2.15. The molecule has 1 atom stereocenters. The predicted octanol–water partition coefficient (Wildman–Crippen LogP) is 1.59. The van der Waals surface area contributed by atoms with Gasteiger partial charge in [0.2, 0.25) is 0 Å². The molecule has 1 fully saturated rings. The fraction of sp³-hybridized carbons (Fsp3) is 0.444. The number of amides is 1. The maximum Gasteiger partial charge on any atom is 0.289 e. The smallest absolute Gasteiger partial charge is 0.289 e. The largest absolute Gasteiger partial charge is 0.451 e. The molecule has 1 amide bonds. The van der Waals surface area contributed by atoms with Crippen LogP contribution in [0, 0.1) is 0 Å². The molecule has 0 saturated carbocycles. The van der Waals surface area contributed by atoms with Gasteiger partial charge in [-0.3, -0.25) is 14.5 Å². The van der Waals surface area contributed by atoms with Gasteiger partial charge in [0.05, 0.1) is 12.0 Å². The van der Waals surface area contributed by atoms with Crippen LogP contribution in [0.25, 0.3) is 11.0 Å². The van der Waals surface area contributed by atoms with E-state index < -0.39 is 0 Å². The maximum absolute atomic E-state index is 12.6. The predicted molar refractivity (Wildman–Crippen MR) is 91.3 cm³/mol. The highest BCUT2D eigenvalue weighted by Gasteiger charge is 2.26. The summed E-state index contributed by atoms with van der Waals surface area (Å²) in [6.07, 6.45) is 0.